The van der Waals surface area contributed by atoms with Crippen LogP contribution in [0.25, 0.3) is 0 Å². The first-order valence-electron chi connectivity index (χ1n) is 5.52. The van der Waals surface area contributed by atoms with E-state index in [0.29, 0.717) is 6.61 Å². The van der Waals surface area contributed by atoms with Gasteiger partial charge in [0.1, 0.15) is 11.5 Å². The zero-order valence-corrected chi connectivity index (χ0v) is 9.00. The summed E-state index contributed by atoms with van der Waals surface area (Å²) in [6.07, 6.45) is 3.40. The molecule has 0 aliphatic carbocycles. The molecule has 3 nitrogen and oxygen atoms in total. The summed E-state index contributed by atoms with van der Waals surface area (Å²) in [6.45, 7) is 0.678. The maximum absolute atomic E-state index is 11.2. The largest absolute Gasteiger partial charge is 0.480 e. The minimum Gasteiger partial charge on any atom is -0.480 e. The van der Waals surface area contributed by atoms with Crippen molar-refractivity contribution in [2.45, 2.75) is 18.9 Å². The topological polar surface area (TPSA) is 46.5 Å². The molecular formula is C13H15O3+. The lowest BCUT2D eigenvalue weighted by molar-refractivity contribution is -0.144. The van der Waals surface area contributed by atoms with Crippen molar-refractivity contribution in [3.63, 3.8) is 0 Å². The first-order valence-corrected chi connectivity index (χ1v) is 5.52. The Hall–Kier alpha value is -1.48. The van der Waals surface area contributed by atoms with Crippen LogP contribution in [0.2, 0.25) is 0 Å². The molecule has 3 heteroatoms. The van der Waals surface area contributed by atoms with E-state index in [1.54, 1.807) is 6.42 Å². The van der Waals surface area contributed by atoms with E-state index in [4.69, 9.17) is 4.74 Å². The number of carbonyl (C=O) groups is 1. The Balaban J connectivity index is 2.05. The Morgan fingerprint density at radius 1 is 1.44 bits per heavy atom. The predicted molar refractivity (Wildman–Crippen MR) is 59.9 cm³/mol. The van der Waals surface area contributed by atoms with Gasteiger partial charge in [-0.05, 0) is 31.0 Å². The van der Waals surface area contributed by atoms with Gasteiger partial charge in [0.25, 0.3) is 0 Å². The first kappa shape index (κ1) is 11.0. The lowest BCUT2D eigenvalue weighted by Crippen LogP contribution is -2.28. The van der Waals surface area contributed by atoms with Crippen molar-refractivity contribution in [3.8, 4) is 0 Å². The van der Waals surface area contributed by atoms with Crippen molar-refractivity contribution in [1.29, 1.82) is 0 Å². The molecule has 1 heterocycles. The molecule has 2 rings (SSSR count). The summed E-state index contributed by atoms with van der Waals surface area (Å²) in [4.78, 5) is 11.2. The molecule has 1 aromatic carbocycles. The van der Waals surface area contributed by atoms with Crippen LogP contribution in [0.1, 0.15) is 18.4 Å². The van der Waals surface area contributed by atoms with Gasteiger partial charge in [0.05, 0.1) is 6.10 Å². The number of hydrogen-bond acceptors (Lipinski definition) is 2. The van der Waals surface area contributed by atoms with Crippen LogP contribution in [0.3, 0.4) is 0 Å². The van der Waals surface area contributed by atoms with Gasteiger partial charge in [-0.25, -0.2) is 0 Å². The van der Waals surface area contributed by atoms with Crippen LogP contribution >= 0.6 is 0 Å². The van der Waals surface area contributed by atoms with E-state index in [-0.39, 0.29) is 6.10 Å². The molecule has 0 saturated carbocycles. The number of hydrogen-bond donors (Lipinski definition) is 1. The van der Waals surface area contributed by atoms with E-state index in [0.717, 1.165) is 18.4 Å². The number of aliphatic carboxylic acids is 1. The van der Waals surface area contributed by atoms with Gasteiger partial charge in [-0.2, -0.15) is 0 Å². The third-order valence-electron chi connectivity index (χ3n) is 2.82. The SMILES string of the molecule is O=C(O)C([CH+]c1ccccc1)C1CCCO1. The van der Waals surface area contributed by atoms with E-state index >= 15 is 0 Å². The van der Waals surface area contributed by atoms with Gasteiger partial charge in [-0.1, -0.05) is 0 Å². The minimum absolute atomic E-state index is 0.169. The van der Waals surface area contributed by atoms with Gasteiger partial charge in [0, 0.05) is 25.2 Å². The Kier molecular flexibility index (Phi) is 3.47. The van der Waals surface area contributed by atoms with E-state index in [9.17, 15) is 9.90 Å². The summed E-state index contributed by atoms with van der Waals surface area (Å²) in [7, 11) is 0. The number of rotatable bonds is 4. The van der Waals surface area contributed by atoms with Crippen LogP contribution in [0, 0.1) is 12.3 Å². The van der Waals surface area contributed by atoms with Crippen molar-refractivity contribution < 1.29 is 14.6 Å². The minimum atomic E-state index is -0.809. The average Bonchev–Trinajstić information content (AvgIpc) is 2.80. The van der Waals surface area contributed by atoms with Crippen LogP contribution < -0.4 is 0 Å². The summed E-state index contributed by atoms with van der Waals surface area (Å²) in [5.74, 6) is -1.35. The van der Waals surface area contributed by atoms with Crippen LogP contribution in [0.4, 0.5) is 0 Å². The highest BCUT2D eigenvalue weighted by Crippen LogP contribution is 2.25. The van der Waals surface area contributed by atoms with Gasteiger partial charge in [0.2, 0.25) is 0 Å². The fourth-order valence-corrected chi connectivity index (χ4v) is 1.99. The summed E-state index contributed by atoms with van der Waals surface area (Å²) in [5.41, 5.74) is 0.936. The van der Waals surface area contributed by atoms with Crippen molar-refractivity contribution in [2.24, 2.45) is 5.92 Å². The molecule has 1 aliphatic rings. The number of carboxylic acid groups (broad SMARTS) is 1. The zero-order valence-electron chi connectivity index (χ0n) is 9.00. The average molecular weight is 219 g/mol. The molecule has 1 aliphatic heterocycles. The fourth-order valence-electron chi connectivity index (χ4n) is 1.99. The summed E-state index contributed by atoms with van der Waals surface area (Å²) < 4.78 is 5.44. The molecule has 1 N–H and O–H groups in total. The monoisotopic (exact) mass is 219 g/mol. The molecule has 2 unspecified atom stereocenters. The molecule has 1 aromatic rings. The molecule has 0 aromatic heterocycles. The quantitative estimate of drug-likeness (QED) is 0.789. The highest BCUT2D eigenvalue weighted by molar-refractivity contribution is 5.73. The lowest BCUT2D eigenvalue weighted by atomic mass is 9.92. The Morgan fingerprint density at radius 3 is 2.75 bits per heavy atom. The maximum Gasteiger partial charge on any atom is 0.326 e. The molecular weight excluding hydrogens is 204 g/mol. The van der Waals surface area contributed by atoms with Crippen LogP contribution in [-0.2, 0) is 9.53 Å². The van der Waals surface area contributed by atoms with Crippen LogP contribution in [0.5, 0.6) is 0 Å². The third-order valence-corrected chi connectivity index (χ3v) is 2.82. The molecule has 2 atom stereocenters. The standard InChI is InChI=1S/C13H14O3/c14-13(15)11(12-7-4-8-16-12)9-10-5-2-1-3-6-10/h1-3,5-6,9,11-12H,4,7-8H2/p+1. The van der Waals surface area contributed by atoms with Crippen LogP contribution in [0.15, 0.2) is 30.3 Å². The predicted octanol–water partition coefficient (Wildman–Crippen LogP) is 2.12. The van der Waals surface area contributed by atoms with E-state index in [2.05, 4.69) is 0 Å². The van der Waals surface area contributed by atoms with E-state index < -0.39 is 11.9 Å². The maximum atomic E-state index is 11.2. The zero-order chi connectivity index (χ0) is 11.4. The molecule has 0 spiro atoms. The number of ether oxygens (including phenoxy) is 1. The summed E-state index contributed by atoms with van der Waals surface area (Å²) >= 11 is 0. The fraction of sp³-hybridized carbons (Fsp3) is 0.385. The third kappa shape index (κ3) is 2.55. The molecule has 0 radical (unpaired) electrons. The second kappa shape index (κ2) is 5.03. The summed E-state index contributed by atoms with van der Waals surface area (Å²) in [5, 5.41) is 9.18. The van der Waals surface area contributed by atoms with Crippen LogP contribution in [-0.4, -0.2) is 23.8 Å². The van der Waals surface area contributed by atoms with Crippen molar-refractivity contribution in [2.75, 3.05) is 6.61 Å². The van der Waals surface area contributed by atoms with Gasteiger partial charge < -0.3 is 9.84 Å². The molecule has 0 amide bonds. The lowest BCUT2D eigenvalue weighted by Gasteiger charge is -2.14. The molecule has 16 heavy (non-hydrogen) atoms. The van der Waals surface area contributed by atoms with Gasteiger partial charge in [-0.3, -0.25) is 4.79 Å². The second-order valence-electron chi connectivity index (χ2n) is 3.99. The Morgan fingerprint density at radius 2 is 2.19 bits per heavy atom. The molecule has 0 bridgehead atoms. The Bertz CT molecular complexity index is 341. The van der Waals surface area contributed by atoms with Crippen molar-refractivity contribution in [1.82, 2.24) is 0 Å². The van der Waals surface area contributed by atoms with E-state index in [1.165, 1.54) is 0 Å². The van der Waals surface area contributed by atoms with Gasteiger partial charge in [0.15, 0.2) is 0 Å². The number of carboxylic acids is 1. The molecule has 1 saturated heterocycles. The smallest absolute Gasteiger partial charge is 0.326 e. The second-order valence-corrected chi connectivity index (χ2v) is 3.99. The highest BCUT2D eigenvalue weighted by Gasteiger charge is 2.34. The molecule has 84 valence electrons. The number of benzene rings is 1. The first-order chi connectivity index (χ1) is 7.77. The van der Waals surface area contributed by atoms with E-state index in [1.807, 2.05) is 30.3 Å². The van der Waals surface area contributed by atoms with Gasteiger partial charge >= 0.3 is 5.97 Å². The normalized spacial score (nSPS) is 21.6. The molecule has 1 fully saturated rings. The highest BCUT2D eigenvalue weighted by atomic mass is 16.5. The Labute approximate surface area is 95.0 Å². The van der Waals surface area contributed by atoms with Crippen molar-refractivity contribution in [3.05, 3.63) is 42.3 Å². The van der Waals surface area contributed by atoms with Gasteiger partial charge in [-0.15, -0.1) is 0 Å². The van der Waals surface area contributed by atoms with Crippen molar-refractivity contribution >= 4 is 5.97 Å². The summed E-state index contributed by atoms with van der Waals surface area (Å²) in [6, 6.07) is 9.54.